The molecule has 158 valence electrons. The number of halogens is 4. The maximum absolute atomic E-state index is 14.3. The summed E-state index contributed by atoms with van der Waals surface area (Å²) in [6.07, 6.45) is -4.82. The van der Waals surface area contributed by atoms with Gasteiger partial charge in [0.15, 0.2) is 0 Å². The van der Waals surface area contributed by atoms with E-state index in [9.17, 15) is 36.1 Å². The highest BCUT2D eigenvalue weighted by Crippen LogP contribution is 2.30. The molecule has 2 aromatic carbocycles. The molecule has 1 aromatic heterocycles. The average Bonchev–Trinajstić information content (AvgIpc) is 3.14. The van der Waals surface area contributed by atoms with E-state index in [0.29, 0.717) is 6.07 Å². The molecule has 3 rings (SSSR count). The standard InChI is InChI=1S/C16H10F4N4O5S/c1-8-6-11(24(25)26)7-12(13(8)17)30(27,28)23-10-4-2-9(3-5-10)14-21-15(29-22-14)16(18,19)20/h2-7,23H,1H3. The number of sulfonamides is 1. The first-order valence-corrected chi connectivity index (χ1v) is 9.35. The second-order valence-corrected chi connectivity index (χ2v) is 7.59. The molecule has 0 fully saturated rings. The fourth-order valence-electron chi connectivity index (χ4n) is 2.37. The zero-order valence-electron chi connectivity index (χ0n) is 14.8. The third-order valence-corrected chi connectivity index (χ3v) is 5.15. The van der Waals surface area contributed by atoms with Gasteiger partial charge in [-0.25, -0.2) is 12.8 Å². The molecule has 0 saturated carbocycles. The number of hydrogen-bond acceptors (Lipinski definition) is 7. The first-order valence-electron chi connectivity index (χ1n) is 7.87. The van der Waals surface area contributed by atoms with Crippen molar-refractivity contribution in [3.8, 4) is 11.4 Å². The Morgan fingerprint density at radius 3 is 2.33 bits per heavy atom. The molecule has 9 nitrogen and oxygen atoms in total. The van der Waals surface area contributed by atoms with Crippen LogP contribution in [0.1, 0.15) is 11.5 Å². The van der Waals surface area contributed by atoms with Crippen LogP contribution in [-0.2, 0) is 16.2 Å². The highest BCUT2D eigenvalue weighted by atomic mass is 32.2. The average molecular weight is 446 g/mol. The number of nitro groups is 1. The minimum atomic E-state index is -4.82. The number of aryl methyl sites for hydroxylation is 1. The molecule has 0 aliphatic heterocycles. The third-order valence-electron chi connectivity index (χ3n) is 3.77. The van der Waals surface area contributed by atoms with Crippen LogP contribution < -0.4 is 4.72 Å². The number of non-ortho nitro benzene ring substituents is 1. The van der Waals surface area contributed by atoms with Gasteiger partial charge in [-0.3, -0.25) is 14.8 Å². The second kappa shape index (κ2) is 7.37. The van der Waals surface area contributed by atoms with Gasteiger partial charge in [0.25, 0.3) is 15.7 Å². The summed E-state index contributed by atoms with van der Waals surface area (Å²) in [4.78, 5) is 12.3. The van der Waals surface area contributed by atoms with Gasteiger partial charge in [-0.15, -0.1) is 0 Å². The predicted octanol–water partition coefficient (Wildman–Crippen LogP) is 3.91. The van der Waals surface area contributed by atoms with Crippen LogP contribution in [0.5, 0.6) is 0 Å². The molecule has 0 aliphatic carbocycles. The summed E-state index contributed by atoms with van der Waals surface area (Å²) in [7, 11) is -4.54. The van der Waals surface area contributed by atoms with E-state index in [0.717, 1.165) is 6.07 Å². The lowest BCUT2D eigenvalue weighted by Gasteiger charge is -2.10. The molecule has 0 radical (unpaired) electrons. The van der Waals surface area contributed by atoms with Gasteiger partial charge in [-0.05, 0) is 36.8 Å². The van der Waals surface area contributed by atoms with Gasteiger partial charge in [0.1, 0.15) is 10.7 Å². The molecular weight excluding hydrogens is 436 g/mol. The quantitative estimate of drug-likeness (QED) is 0.357. The SMILES string of the molecule is Cc1cc([N+](=O)[O-])cc(S(=O)(=O)Nc2ccc(-c3noc(C(F)(F)F)n3)cc2)c1F. The predicted molar refractivity (Wildman–Crippen MR) is 93.3 cm³/mol. The number of benzene rings is 2. The van der Waals surface area contributed by atoms with Crippen molar-refractivity contribution in [2.75, 3.05) is 4.72 Å². The Morgan fingerprint density at radius 2 is 1.80 bits per heavy atom. The van der Waals surface area contributed by atoms with E-state index in [4.69, 9.17) is 0 Å². The molecule has 1 heterocycles. The van der Waals surface area contributed by atoms with Crippen LogP contribution in [0, 0.1) is 22.9 Å². The van der Waals surface area contributed by atoms with E-state index in [1.165, 1.54) is 31.2 Å². The van der Waals surface area contributed by atoms with Gasteiger partial charge in [-0.2, -0.15) is 18.2 Å². The van der Waals surface area contributed by atoms with Crippen molar-refractivity contribution in [1.82, 2.24) is 10.1 Å². The highest BCUT2D eigenvalue weighted by Gasteiger charge is 2.38. The number of aromatic nitrogens is 2. The van der Waals surface area contributed by atoms with Crippen LogP contribution >= 0.6 is 0 Å². The summed E-state index contributed by atoms with van der Waals surface area (Å²) in [5.41, 5.74) is -0.837. The summed E-state index contributed by atoms with van der Waals surface area (Å²) >= 11 is 0. The van der Waals surface area contributed by atoms with Crippen molar-refractivity contribution in [3.63, 3.8) is 0 Å². The van der Waals surface area contributed by atoms with E-state index in [2.05, 4.69) is 14.7 Å². The van der Waals surface area contributed by atoms with Crippen molar-refractivity contribution in [2.45, 2.75) is 18.0 Å². The third kappa shape index (κ3) is 4.22. The summed E-state index contributed by atoms with van der Waals surface area (Å²) in [6.45, 7) is 1.18. The molecule has 30 heavy (non-hydrogen) atoms. The Kier molecular flexibility index (Phi) is 5.20. The lowest BCUT2D eigenvalue weighted by Crippen LogP contribution is -2.15. The lowest BCUT2D eigenvalue weighted by atomic mass is 10.2. The first kappa shape index (κ1) is 21.2. The normalized spacial score (nSPS) is 12.0. The highest BCUT2D eigenvalue weighted by molar-refractivity contribution is 7.92. The van der Waals surface area contributed by atoms with Gasteiger partial charge in [0.2, 0.25) is 5.82 Å². The molecule has 3 aromatic rings. The van der Waals surface area contributed by atoms with E-state index in [1.807, 2.05) is 4.72 Å². The number of alkyl halides is 3. The second-order valence-electron chi connectivity index (χ2n) is 5.94. The molecular formula is C16H10F4N4O5S. The van der Waals surface area contributed by atoms with Crippen molar-refractivity contribution in [3.05, 3.63) is 63.8 Å². The number of nitro benzene ring substituents is 1. The first-order chi connectivity index (χ1) is 13.9. The minimum absolute atomic E-state index is 0.0816. The summed E-state index contributed by atoms with van der Waals surface area (Å²) in [5, 5.41) is 14.1. The van der Waals surface area contributed by atoms with E-state index >= 15 is 0 Å². The van der Waals surface area contributed by atoms with Gasteiger partial charge >= 0.3 is 12.1 Å². The topological polar surface area (TPSA) is 128 Å². The van der Waals surface area contributed by atoms with Crippen molar-refractivity contribution in [2.24, 2.45) is 0 Å². The number of nitrogens with zero attached hydrogens (tertiary/aromatic N) is 3. The fraction of sp³-hybridized carbons (Fsp3) is 0.125. The van der Waals surface area contributed by atoms with Crippen LogP contribution in [-0.4, -0.2) is 23.5 Å². The van der Waals surface area contributed by atoms with Crippen LogP contribution in [0.25, 0.3) is 11.4 Å². The number of anilines is 1. The maximum atomic E-state index is 14.3. The van der Waals surface area contributed by atoms with Crippen molar-refractivity contribution in [1.29, 1.82) is 0 Å². The van der Waals surface area contributed by atoms with Crippen LogP contribution in [0.3, 0.4) is 0 Å². The van der Waals surface area contributed by atoms with Gasteiger partial charge in [0, 0.05) is 23.4 Å². The lowest BCUT2D eigenvalue weighted by molar-refractivity contribution is -0.385. The Bertz CT molecular complexity index is 1220. The zero-order valence-corrected chi connectivity index (χ0v) is 15.6. The van der Waals surface area contributed by atoms with E-state index in [-0.39, 0.29) is 22.6 Å². The Hall–Kier alpha value is -3.55. The Balaban J connectivity index is 1.88. The molecule has 0 unspecified atom stereocenters. The number of nitrogens with one attached hydrogen (secondary N) is 1. The number of hydrogen-bond donors (Lipinski definition) is 1. The van der Waals surface area contributed by atoms with Crippen LogP contribution in [0.2, 0.25) is 0 Å². The minimum Gasteiger partial charge on any atom is -0.329 e. The molecule has 0 saturated heterocycles. The van der Waals surface area contributed by atoms with Crippen molar-refractivity contribution < 1.29 is 35.4 Å². The molecule has 1 N–H and O–H groups in total. The van der Waals surface area contributed by atoms with Gasteiger partial charge in [-0.1, -0.05) is 5.16 Å². The number of rotatable bonds is 5. The molecule has 0 atom stereocenters. The molecule has 14 heteroatoms. The summed E-state index contributed by atoms with van der Waals surface area (Å²) < 4.78 is 82.9. The van der Waals surface area contributed by atoms with Crippen molar-refractivity contribution >= 4 is 21.4 Å². The zero-order chi connectivity index (χ0) is 22.3. The Morgan fingerprint density at radius 1 is 1.17 bits per heavy atom. The fourth-order valence-corrected chi connectivity index (χ4v) is 3.60. The molecule has 0 aliphatic rings. The monoisotopic (exact) mass is 446 g/mol. The maximum Gasteiger partial charge on any atom is 0.471 e. The van der Waals surface area contributed by atoms with Crippen LogP contribution in [0.4, 0.5) is 28.9 Å². The van der Waals surface area contributed by atoms with Gasteiger partial charge in [0.05, 0.1) is 4.92 Å². The largest absolute Gasteiger partial charge is 0.471 e. The molecule has 0 amide bonds. The van der Waals surface area contributed by atoms with E-state index < -0.39 is 43.4 Å². The Labute approximate surface area is 165 Å². The summed E-state index contributed by atoms with van der Waals surface area (Å²) in [5.74, 6) is -3.08. The molecule has 0 spiro atoms. The van der Waals surface area contributed by atoms with Crippen LogP contribution in [0.15, 0.2) is 45.8 Å². The molecule has 0 bridgehead atoms. The van der Waals surface area contributed by atoms with Gasteiger partial charge < -0.3 is 4.52 Å². The smallest absolute Gasteiger partial charge is 0.329 e. The summed E-state index contributed by atoms with van der Waals surface area (Å²) in [6, 6.07) is 6.22. The van der Waals surface area contributed by atoms with E-state index in [1.54, 1.807) is 0 Å².